The van der Waals surface area contributed by atoms with Crippen LogP contribution in [0.4, 0.5) is 5.13 Å². The lowest BCUT2D eigenvalue weighted by Gasteiger charge is -2.22. The number of halogens is 1. The van der Waals surface area contributed by atoms with Crippen molar-refractivity contribution in [2.75, 3.05) is 4.90 Å². The Bertz CT molecular complexity index is 1600. The molecule has 0 saturated carbocycles. The summed E-state index contributed by atoms with van der Waals surface area (Å²) in [6, 6.07) is 21.9. The number of thiazole rings is 1. The zero-order valence-electron chi connectivity index (χ0n) is 18.2. The molecule has 6 rings (SSSR count). The molecule has 5 aromatic rings. The smallest absolute Gasteiger partial charge is 0.297 e. The van der Waals surface area contributed by atoms with Gasteiger partial charge in [-0.25, -0.2) is 4.98 Å². The number of carbonyl (C=O) groups is 1. The van der Waals surface area contributed by atoms with Gasteiger partial charge >= 0.3 is 0 Å². The molecule has 0 saturated heterocycles. The van der Waals surface area contributed by atoms with Gasteiger partial charge in [0, 0.05) is 16.0 Å². The Kier molecular flexibility index (Phi) is 5.47. The first-order valence-corrected chi connectivity index (χ1v) is 12.5. The number of anilines is 1. The van der Waals surface area contributed by atoms with E-state index in [1.54, 1.807) is 29.8 Å². The average Bonchev–Trinajstić information content (AvgIpc) is 3.51. The number of hydrogen-bond donors (Lipinski definition) is 0. The maximum absolute atomic E-state index is 13.6. The fourth-order valence-corrected chi connectivity index (χ4v) is 5.31. The molecule has 0 N–H and O–H groups in total. The molecule has 0 aliphatic carbocycles. The summed E-state index contributed by atoms with van der Waals surface area (Å²) in [6.07, 6.45) is 1.64. The summed E-state index contributed by atoms with van der Waals surface area (Å²) in [5, 5.41) is 2.71. The first-order chi connectivity index (χ1) is 17.1. The third-order valence-electron chi connectivity index (χ3n) is 5.90. The van der Waals surface area contributed by atoms with E-state index in [0.29, 0.717) is 34.0 Å². The van der Waals surface area contributed by atoms with E-state index in [4.69, 9.17) is 9.15 Å². The number of aromatic nitrogens is 1. The topological polar surface area (TPSA) is 72.6 Å². The van der Waals surface area contributed by atoms with Crippen molar-refractivity contribution in [2.24, 2.45) is 0 Å². The van der Waals surface area contributed by atoms with Crippen LogP contribution in [0, 0.1) is 0 Å². The Hall–Kier alpha value is -3.75. The summed E-state index contributed by atoms with van der Waals surface area (Å²) in [4.78, 5) is 33.0. The lowest BCUT2D eigenvalue weighted by atomic mass is 9.98. The molecule has 0 spiro atoms. The maximum atomic E-state index is 13.6. The summed E-state index contributed by atoms with van der Waals surface area (Å²) >= 11 is 4.75. The largest absolute Gasteiger partial charge is 0.489 e. The minimum Gasteiger partial charge on any atom is -0.489 e. The van der Waals surface area contributed by atoms with Crippen LogP contribution >= 0.6 is 27.3 Å². The molecule has 3 heterocycles. The van der Waals surface area contributed by atoms with Gasteiger partial charge in [0.05, 0.1) is 17.0 Å². The van der Waals surface area contributed by atoms with Crippen molar-refractivity contribution in [1.29, 1.82) is 0 Å². The van der Waals surface area contributed by atoms with Crippen molar-refractivity contribution in [3.05, 3.63) is 122 Å². The van der Waals surface area contributed by atoms with Crippen molar-refractivity contribution in [3.63, 3.8) is 0 Å². The molecular formula is C27H17BrN2O4S. The standard InChI is InChI=1S/C27H17BrN2O4S/c28-18-8-11-21-20(14-18)24(31)22-23(30(26(32)25(22)34-21)27-29-12-13-35-27)17-6-9-19(10-7-17)33-15-16-4-2-1-3-5-16/h1-14,23H,15H2. The summed E-state index contributed by atoms with van der Waals surface area (Å²) in [6.45, 7) is 0.445. The third kappa shape index (κ3) is 3.84. The van der Waals surface area contributed by atoms with Crippen LogP contribution in [-0.4, -0.2) is 10.9 Å². The summed E-state index contributed by atoms with van der Waals surface area (Å²) in [5.74, 6) is 0.359. The molecule has 0 fully saturated rings. The molecule has 1 unspecified atom stereocenters. The van der Waals surface area contributed by atoms with E-state index >= 15 is 0 Å². The SMILES string of the molecule is O=C1c2oc3ccc(Br)cc3c(=O)c2C(c2ccc(OCc3ccccc3)cc2)N1c1nccs1. The maximum Gasteiger partial charge on any atom is 0.297 e. The van der Waals surface area contributed by atoms with Crippen molar-refractivity contribution in [1.82, 2.24) is 4.98 Å². The van der Waals surface area contributed by atoms with Crippen LogP contribution in [-0.2, 0) is 6.61 Å². The molecule has 1 aliphatic rings. The van der Waals surface area contributed by atoms with E-state index in [1.807, 2.05) is 54.6 Å². The summed E-state index contributed by atoms with van der Waals surface area (Å²) < 4.78 is 12.7. The molecule has 0 radical (unpaired) electrons. The highest BCUT2D eigenvalue weighted by molar-refractivity contribution is 9.10. The predicted molar refractivity (Wildman–Crippen MR) is 138 cm³/mol. The van der Waals surface area contributed by atoms with E-state index in [0.717, 1.165) is 15.6 Å². The van der Waals surface area contributed by atoms with Gasteiger partial charge in [-0.3, -0.25) is 14.5 Å². The van der Waals surface area contributed by atoms with E-state index in [1.165, 1.54) is 16.2 Å². The summed E-state index contributed by atoms with van der Waals surface area (Å²) in [7, 11) is 0. The highest BCUT2D eigenvalue weighted by atomic mass is 79.9. The number of hydrogen-bond acceptors (Lipinski definition) is 6. The quantitative estimate of drug-likeness (QED) is 0.258. The van der Waals surface area contributed by atoms with Crippen molar-refractivity contribution >= 4 is 49.3 Å². The Labute approximate surface area is 212 Å². The van der Waals surface area contributed by atoms with Crippen LogP contribution < -0.4 is 15.1 Å². The number of amides is 1. The summed E-state index contributed by atoms with van der Waals surface area (Å²) in [5.41, 5.74) is 2.28. The molecule has 35 heavy (non-hydrogen) atoms. The number of rotatable bonds is 5. The van der Waals surface area contributed by atoms with Crippen LogP contribution in [0.5, 0.6) is 5.75 Å². The molecule has 8 heteroatoms. The zero-order chi connectivity index (χ0) is 23.9. The highest BCUT2D eigenvalue weighted by Gasteiger charge is 2.44. The van der Waals surface area contributed by atoms with Gasteiger partial charge in [0.1, 0.15) is 17.9 Å². The van der Waals surface area contributed by atoms with E-state index in [2.05, 4.69) is 20.9 Å². The molecule has 1 atom stereocenters. The van der Waals surface area contributed by atoms with Gasteiger partial charge in [-0.15, -0.1) is 11.3 Å². The van der Waals surface area contributed by atoms with Crippen LogP contribution in [0.15, 0.2) is 98.1 Å². The first kappa shape index (κ1) is 21.8. The zero-order valence-corrected chi connectivity index (χ0v) is 20.6. The van der Waals surface area contributed by atoms with E-state index < -0.39 is 6.04 Å². The van der Waals surface area contributed by atoms with Crippen molar-refractivity contribution < 1.29 is 13.9 Å². The van der Waals surface area contributed by atoms with Crippen molar-refractivity contribution in [3.8, 4) is 5.75 Å². The number of benzene rings is 3. The molecule has 0 bridgehead atoms. The highest BCUT2D eigenvalue weighted by Crippen LogP contribution is 2.42. The number of carbonyl (C=O) groups excluding carboxylic acids is 1. The molecule has 1 amide bonds. The Morgan fingerprint density at radius 2 is 1.83 bits per heavy atom. The molecule has 2 aromatic heterocycles. The second-order valence-electron chi connectivity index (χ2n) is 8.05. The molecule has 6 nitrogen and oxygen atoms in total. The molecule has 1 aliphatic heterocycles. The minimum atomic E-state index is -0.661. The minimum absolute atomic E-state index is 0.0504. The number of nitrogens with zero attached hydrogens (tertiary/aromatic N) is 2. The van der Waals surface area contributed by atoms with Crippen LogP contribution in [0.2, 0.25) is 0 Å². The Morgan fingerprint density at radius 1 is 1.03 bits per heavy atom. The van der Waals surface area contributed by atoms with E-state index in [-0.39, 0.29) is 17.1 Å². The molecule has 3 aromatic carbocycles. The van der Waals surface area contributed by atoms with Crippen LogP contribution in [0.1, 0.15) is 33.3 Å². The lowest BCUT2D eigenvalue weighted by Crippen LogP contribution is -2.29. The van der Waals surface area contributed by atoms with Gasteiger partial charge in [-0.2, -0.15) is 0 Å². The van der Waals surface area contributed by atoms with Gasteiger partial charge < -0.3 is 9.15 Å². The monoisotopic (exact) mass is 544 g/mol. The van der Waals surface area contributed by atoms with E-state index in [9.17, 15) is 9.59 Å². The Morgan fingerprint density at radius 3 is 2.57 bits per heavy atom. The van der Waals surface area contributed by atoms with Crippen molar-refractivity contribution in [2.45, 2.75) is 12.6 Å². The first-order valence-electron chi connectivity index (χ1n) is 10.9. The van der Waals surface area contributed by atoms with Gasteiger partial charge in [0.15, 0.2) is 10.6 Å². The van der Waals surface area contributed by atoms with Gasteiger partial charge in [-0.05, 0) is 41.5 Å². The number of ether oxygens (including phenoxy) is 1. The molecule has 172 valence electrons. The lowest BCUT2D eigenvalue weighted by molar-refractivity contribution is 0.0971. The van der Waals surface area contributed by atoms with Crippen LogP contribution in [0.25, 0.3) is 11.0 Å². The predicted octanol–water partition coefficient (Wildman–Crippen LogP) is 6.34. The van der Waals surface area contributed by atoms with Gasteiger partial charge in [-0.1, -0.05) is 58.4 Å². The van der Waals surface area contributed by atoms with Crippen LogP contribution in [0.3, 0.4) is 0 Å². The second-order valence-corrected chi connectivity index (χ2v) is 9.84. The fraction of sp³-hybridized carbons (Fsp3) is 0.0741. The van der Waals surface area contributed by atoms with Gasteiger partial charge in [0.2, 0.25) is 5.76 Å². The van der Waals surface area contributed by atoms with Gasteiger partial charge in [0.25, 0.3) is 5.91 Å². The Balaban J connectivity index is 1.43. The number of fused-ring (bicyclic) bond motifs is 2. The fourth-order valence-electron chi connectivity index (χ4n) is 4.28. The average molecular weight is 545 g/mol. The third-order valence-corrected chi connectivity index (χ3v) is 7.17. The second kappa shape index (κ2) is 8.79. The molecular weight excluding hydrogens is 528 g/mol. The normalized spacial score (nSPS) is 14.9.